The van der Waals surface area contributed by atoms with Gasteiger partial charge in [-0.25, -0.2) is 4.79 Å². The molecule has 51 heavy (non-hydrogen) atoms. The molecule has 8 aromatic rings. The van der Waals surface area contributed by atoms with Crippen LogP contribution in [0.15, 0.2) is 145 Å². The minimum absolute atomic E-state index is 0.359. The van der Waals surface area contributed by atoms with Crippen molar-refractivity contribution in [2.24, 2.45) is 0 Å². The lowest BCUT2D eigenvalue weighted by atomic mass is 9.79. The lowest BCUT2D eigenvalue weighted by molar-refractivity contribution is 0.564. The fraction of sp³-hybridized carbons (Fsp3) is 0.0208. The molecule has 0 bridgehead atoms. The van der Waals surface area contributed by atoms with E-state index in [1.807, 2.05) is 67.6 Å². The molecule has 0 fully saturated rings. The van der Waals surface area contributed by atoms with Crippen molar-refractivity contribution >= 4 is 84.5 Å². The molecule has 0 aliphatic carbocycles. The Balaban J connectivity index is 1.41. The Kier molecular flexibility index (Phi) is 7.86. The van der Waals surface area contributed by atoms with E-state index in [0.717, 1.165) is 97.5 Å². The Labute approximate surface area is 301 Å². The molecule has 0 radical (unpaired) electrons. The van der Waals surface area contributed by atoms with Crippen LogP contribution in [0.2, 0.25) is 0 Å². The average Bonchev–Trinajstić information content (AvgIpc) is 3.64. The number of hydrogen-bond donors (Lipinski definition) is 0. The Morgan fingerprint density at radius 3 is 1.67 bits per heavy atom. The number of thiophene rings is 1. The summed E-state index contributed by atoms with van der Waals surface area (Å²) in [6, 6.07) is 35.1. The van der Waals surface area contributed by atoms with Crippen molar-refractivity contribution in [1.82, 2.24) is 0 Å². The number of rotatable bonds is 8. The molecule has 0 saturated heterocycles. The second-order valence-corrected chi connectivity index (χ2v) is 13.8. The summed E-state index contributed by atoms with van der Waals surface area (Å²) in [6.45, 7) is 23.6. The van der Waals surface area contributed by atoms with Crippen LogP contribution < -0.4 is 5.63 Å². The largest absolute Gasteiger partial charge is 0.422 e. The lowest BCUT2D eigenvalue weighted by Gasteiger charge is -2.24. The molecule has 2 heterocycles. The molecular weight excluding hydrogens is 641 g/mol. The van der Waals surface area contributed by atoms with Crippen LogP contribution in [0, 0.1) is 0 Å². The van der Waals surface area contributed by atoms with Crippen molar-refractivity contribution in [3.63, 3.8) is 0 Å². The number of benzene rings is 6. The number of fused-ring (bicyclic) bond motifs is 4. The van der Waals surface area contributed by atoms with E-state index >= 15 is 0 Å². The Bertz CT molecular complexity index is 2880. The normalized spacial score (nSPS) is 11.3. The smallest absolute Gasteiger partial charge is 0.345 e. The second-order valence-electron chi connectivity index (χ2n) is 12.7. The van der Waals surface area contributed by atoms with E-state index in [1.165, 1.54) is 0 Å². The zero-order chi connectivity index (χ0) is 35.4. The van der Waals surface area contributed by atoms with Gasteiger partial charge in [-0.15, -0.1) is 11.3 Å². The van der Waals surface area contributed by atoms with Gasteiger partial charge in [0.25, 0.3) is 0 Å². The SMILES string of the molecule is C=Cc1c(C=C)c(-c2c(C=C)c(C=C)c(-c3ccc(-c4cc5cc6ccccc6cc5oc4=O)s3)c3ccccc23)c2ccccc2c1C(=C)C. The van der Waals surface area contributed by atoms with Gasteiger partial charge in [0.15, 0.2) is 0 Å². The molecular formula is C48H34O2S. The van der Waals surface area contributed by atoms with Gasteiger partial charge in [0.1, 0.15) is 5.58 Å². The van der Waals surface area contributed by atoms with Gasteiger partial charge in [-0.3, -0.25) is 0 Å². The Morgan fingerprint density at radius 2 is 1.06 bits per heavy atom. The van der Waals surface area contributed by atoms with Crippen molar-refractivity contribution in [2.45, 2.75) is 6.92 Å². The first kappa shape index (κ1) is 31.9. The molecule has 0 atom stereocenters. The van der Waals surface area contributed by atoms with Crippen LogP contribution in [0.25, 0.3) is 105 Å². The van der Waals surface area contributed by atoms with Gasteiger partial charge in [-0.05, 0) is 114 Å². The van der Waals surface area contributed by atoms with Crippen LogP contribution in [0.1, 0.15) is 34.7 Å². The zero-order valence-corrected chi connectivity index (χ0v) is 29.2. The molecule has 0 aliphatic heterocycles. The molecule has 244 valence electrons. The maximum atomic E-state index is 13.4. The van der Waals surface area contributed by atoms with Gasteiger partial charge >= 0.3 is 5.63 Å². The van der Waals surface area contributed by atoms with Crippen molar-refractivity contribution in [1.29, 1.82) is 0 Å². The molecule has 0 saturated carbocycles. The summed E-state index contributed by atoms with van der Waals surface area (Å²) >= 11 is 1.57. The molecule has 0 spiro atoms. The van der Waals surface area contributed by atoms with E-state index in [-0.39, 0.29) is 5.63 Å². The fourth-order valence-corrected chi connectivity index (χ4v) is 8.75. The topological polar surface area (TPSA) is 30.2 Å². The third-order valence-corrected chi connectivity index (χ3v) is 10.9. The number of hydrogen-bond acceptors (Lipinski definition) is 3. The first-order valence-corrected chi connectivity index (χ1v) is 17.6. The third-order valence-electron chi connectivity index (χ3n) is 9.80. The standard InChI is InChI=1S/C48H34O2S/c1-7-32-34(9-3)46(38-21-15-13-19-36(38)44(32)28(5)6)47-35(10-4)33(8-2)45(37-20-14-16-22-39(37)47)43-24-23-42(51-43)40-26-31-25-29-17-11-12-18-30(29)27-41(31)50-48(40)49/h7-27H,1-5H2,6H3. The fourth-order valence-electron chi connectivity index (χ4n) is 7.67. The Morgan fingerprint density at radius 1 is 0.569 bits per heavy atom. The molecule has 0 amide bonds. The van der Waals surface area contributed by atoms with Crippen molar-refractivity contribution in [2.75, 3.05) is 0 Å². The molecule has 0 aliphatic rings. The highest BCUT2D eigenvalue weighted by molar-refractivity contribution is 7.19. The van der Waals surface area contributed by atoms with E-state index in [1.54, 1.807) is 11.3 Å². The highest BCUT2D eigenvalue weighted by atomic mass is 32.1. The minimum atomic E-state index is -0.359. The summed E-state index contributed by atoms with van der Waals surface area (Å²) in [4.78, 5) is 15.3. The summed E-state index contributed by atoms with van der Waals surface area (Å²) in [5.74, 6) is 0. The Hall–Kier alpha value is -6.29. The van der Waals surface area contributed by atoms with E-state index in [2.05, 4.69) is 99.6 Å². The lowest BCUT2D eigenvalue weighted by Crippen LogP contribution is -2.01. The molecule has 6 aromatic carbocycles. The predicted octanol–water partition coefficient (Wildman–Crippen LogP) is 13.9. The van der Waals surface area contributed by atoms with E-state index in [9.17, 15) is 4.79 Å². The van der Waals surface area contributed by atoms with E-state index in [4.69, 9.17) is 4.42 Å². The van der Waals surface area contributed by atoms with Gasteiger partial charge < -0.3 is 4.42 Å². The summed E-state index contributed by atoms with van der Waals surface area (Å²) in [5.41, 5.74) is 9.88. The molecule has 2 nitrogen and oxygen atoms in total. The first-order valence-electron chi connectivity index (χ1n) is 16.8. The van der Waals surface area contributed by atoms with Crippen molar-refractivity contribution in [3.05, 3.63) is 174 Å². The van der Waals surface area contributed by atoms with E-state index < -0.39 is 0 Å². The average molecular weight is 675 g/mol. The van der Waals surface area contributed by atoms with Crippen LogP contribution in [0.5, 0.6) is 0 Å². The van der Waals surface area contributed by atoms with Crippen LogP contribution in [-0.2, 0) is 0 Å². The first-order chi connectivity index (χ1) is 24.9. The molecule has 0 unspecified atom stereocenters. The minimum Gasteiger partial charge on any atom is -0.422 e. The maximum Gasteiger partial charge on any atom is 0.345 e. The van der Waals surface area contributed by atoms with Crippen molar-refractivity contribution in [3.8, 4) is 32.0 Å². The highest BCUT2D eigenvalue weighted by Gasteiger charge is 2.25. The summed E-state index contributed by atoms with van der Waals surface area (Å²) in [5, 5.41) is 7.36. The summed E-state index contributed by atoms with van der Waals surface area (Å²) in [7, 11) is 0. The van der Waals surface area contributed by atoms with Gasteiger partial charge in [-0.1, -0.05) is 130 Å². The molecule has 2 aromatic heterocycles. The third kappa shape index (κ3) is 4.97. The molecule has 8 rings (SSSR count). The van der Waals surface area contributed by atoms with Gasteiger partial charge in [-0.2, -0.15) is 0 Å². The van der Waals surface area contributed by atoms with Crippen molar-refractivity contribution < 1.29 is 4.42 Å². The zero-order valence-electron chi connectivity index (χ0n) is 28.4. The second kappa shape index (κ2) is 12.5. The van der Waals surface area contributed by atoms with E-state index in [0.29, 0.717) is 11.1 Å². The quantitative estimate of drug-likeness (QED) is 0.119. The monoisotopic (exact) mass is 674 g/mol. The van der Waals surface area contributed by atoms with Crippen LogP contribution >= 0.6 is 11.3 Å². The number of allylic oxidation sites excluding steroid dienone is 1. The molecule has 3 heteroatoms. The van der Waals surface area contributed by atoms with Crippen LogP contribution in [0.4, 0.5) is 0 Å². The summed E-state index contributed by atoms with van der Waals surface area (Å²) < 4.78 is 5.89. The van der Waals surface area contributed by atoms with Crippen LogP contribution in [-0.4, -0.2) is 0 Å². The van der Waals surface area contributed by atoms with Gasteiger partial charge in [0, 0.05) is 20.7 Å². The summed E-state index contributed by atoms with van der Waals surface area (Å²) in [6.07, 6.45) is 7.69. The van der Waals surface area contributed by atoms with Gasteiger partial charge in [0.05, 0.1) is 5.56 Å². The van der Waals surface area contributed by atoms with Crippen LogP contribution in [0.3, 0.4) is 0 Å². The predicted molar refractivity (Wildman–Crippen MR) is 224 cm³/mol. The molecule has 0 N–H and O–H groups in total. The van der Waals surface area contributed by atoms with Gasteiger partial charge in [0.2, 0.25) is 0 Å². The highest BCUT2D eigenvalue weighted by Crippen LogP contribution is 2.50. The maximum absolute atomic E-state index is 13.4.